The number of aliphatic imine (C=N–C) groups is 1. The van der Waals surface area contributed by atoms with Gasteiger partial charge in [0.2, 0.25) is 0 Å². The Morgan fingerprint density at radius 2 is 2.00 bits per heavy atom. The smallest absolute Gasteiger partial charge is 0.191 e. The number of nitrogens with zero attached hydrogens (tertiary/aromatic N) is 2. The van der Waals surface area contributed by atoms with E-state index in [0.717, 1.165) is 55.4 Å². The second kappa shape index (κ2) is 10.3. The van der Waals surface area contributed by atoms with E-state index in [1.165, 1.54) is 29.5 Å². The quantitative estimate of drug-likeness (QED) is 0.396. The average Bonchev–Trinajstić information content (AvgIpc) is 3.33. The van der Waals surface area contributed by atoms with Crippen LogP contribution in [0.2, 0.25) is 0 Å². The molecule has 1 aromatic heterocycles. The molecular formula is C23H34N4O2. The van der Waals surface area contributed by atoms with Gasteiger partial charge in [0.25, 0.3) is 0 Å². The van der Waals surface area contributed by atoms with Crippen molar-refractivity contribution in [3.63, 3.8) is 0 Å². The van der Waals surface area contributed by atoms with Gasteiger partial charge in [-0.1, -0.05) is 17.3 Å². The maximum Gasteiger partial charge on any atom is 0.191 e. The first-order chi connectivity index (χ1) is 14.1. The number of guanidine groups is 1. The van der Waals surface area contributed by atoms with E-state index in [-0.39, 0.29) is 0 Å². The normalized spacial score (nSPS) is 15.0. The van der Waals surface area contributed by atoms with Gasteiger partial charge in [0, 0.05) is 31.3 Å². The number of aryl methyl sites for hydroxylation is 3. The summed E-state index contributed by atoms with van der Waals surface area (Å²) in [7, 11) is 1.80. The molecule has 0 unspecified atom stereocenters. The van der Waals surface area contributed by atoms with Gasteiger partial charge in [-0.25, -0.2) is 0 Å². The molecule has 0 radical (unpaired) electrons. The van der Waals surface area contributed by atoms with Gasteiger partial charge in [-0.3, -0.25) is 4.99 Å². The Hall–Kier alpha value is -2.50. The van der Waals surface area contributed by atoms with Crippen molar-refractivity contribution in [3.8, 4) is 5.75 Å². The van der Waals surface area contributed by atoms with Gasteiger partial charge in [-0.15, -0.1) is 0 Å². The van der Waals surface area contributed by atoms with Crippen molar-refractivity contribution in [3.05, 3.63) is 46.3 Å². The van der Waals surface area contributed by atoms with Crippen molar-refractivity contribution in [1.82, 2.24) is 15.8 Å². The van der Waals surface area contributed by atoms with E-state index in [1.54, 1.807) is 7.05 Å². The molecule has 6 nitrogen and oxygen atoms in total. The Morgan fingerprint density at radius 1 is 1.21 bits per heavy atom. The highest BCUT2D eigenvalue weighted by Crippen LogP contribution is 2.27. The Bertz CT molecular complexity index is 803. The largest absolute Gasteiger partial charge is 0.490 e. The van der Waals surface area contributed by atoms with Crippen LogP contribution in [0, 0.1) is 20.8 Å². The SMILES string of the molecule is CN=C(NCCCc1c(C)noc1C)NCc1ccc(C)cc1OC1CCCC1. The highest BCUT2D eigenvalue weighted by atomic mass is 16.5. The molecule has 0 atom stereocenters. The van der Waals surface area contributed by atoms with Crippen LogP contribution in [0.1, 0.15) is 60.2 Å². The fourth-order valence-electron chi connectivity index (χ4n) is 3.83. The van der Waals surface area contributed by atoms with Crippen molar-refractivity contribution in [2.75, 3.05) is 13.6 Å². The Morgan fingerprint density at radius 3 is 2.69 bits per heavy atom. The lowest BCUT2D eigenvalue weighted by molar-refractivity contribution is 0.207. The van der Waals surface area contributed by atoms with Crippen LogP contribution in [-0.2, 0) is 13.0 Å². The monoisotopic (exact) mass is 398 g/mol. The fourth-order valence-corrected chi connectivity index (χ4v) is 3.83. The number of hydrogen-bond acceptors (Lipinski definition) is 4. The highest BCUT2D eigenvalue weighted by Gasteiger charge is 2.18. The van der Waals surface area contributed by atoms with E-state index in [0.29, 0.717) is 12.6 Å². The van der Waals surface area contributed by atoms with Gasteiger partial charge >= 0.3 is 0 Å². The Kier molecular flexibility index (Phi) is 7.55. The third-order valence-corrected chi connectivity index (χ3v) is 5.57. The summed E-state index contributed by atoms with van der Waals surface area (Å²) in [6.07, 6.45) is 7.16. The van der Waals surface area contributed by atoms with Gasteiger partial charge in [0.15, 0.2) is 5.96 Å². The van der Waals surface area contributed by atoms with Gasteiger partial charge in [0.05, 0.1) is 11.8 Å². The minimum Gasteiger partial charge on any atom is -0.490 e. The van der Waals surface area contributed by atoms with Crippen molar-refractivity contribution >= 4 is 5.96 Å². The Balaban J connectivity index is 1.48. The number of hydrogen-bond donors (Lipinski definition) is 2. The molecule has 1 fully saturated rings. The standard InChI is InChI=1S/C23H34N4O2/c1-16-11-12-19(22(14-16)28-20-8-5-6-9-20)15-26-23(24-4)25-13-7-10-21-17(2)27-29-18(21)3/h11-12,14,20H,5-10,13,15H2,1-4H3,(H2,24,25,26). The van der Waals surface area contributed by atoms with E-state index >= 15 is 0 Å². The van der Waals surface area contributed by atoms with Gasteiger partial charge < -0.3 is 19.9 Å². The zero-order valence-corrected chi connectivity index (χ0v) is 18.2. The highest BCUT2D eigenvalue weighted by molar-refractivity contribution is 5.79. The van der Waals surface area contributed by atoms with Crippen LogP contribution in [0.15, 0.2) is 27.7 Å². The molecule has 1 aliphatic rings. The van der Waals surface area contributed by atoms with Crippen molar-refractivity contribution < 1.29 is 9.26 Å². The molecule has 0 bridgehead atoms. The lowest BCUT2D eigenvalue weighted by atomic mass is 10.1. The average molecular weight is 399 g/mol. The molecule has 29 heavy (non-hydrogen) atoms. The molecule has 1 aliphatic carbocycles. The molecular weight excluding hydrogens is 364 g/mol. The van der Waals surface area contributed by atoms with E-state index in [1.807, 2.05) is 13.8 Å². The lowest BCUT2D eigenvalue weighted by Gasteiger charge is -2.18. The second-order valence-electron chi connectivity index (χ2n) is 7.89. The summed E-state index contributed by atoms with van der Waals surface area (Å²) in [5, 5.41) is 10.8. The van der Waals surface area contributed by atoms with E-state index < -0.39 is 0 Å². The number of benzene rings is 1. The molecule has 0 amide bonds. The van der Waals surface area contributed by atoms with Crippen molar-refractivity contribution in [2.45, 2.75) is 71.9 Å². The maximum absolute atomic E-state index is 6.30. The first kappa shape index (κ1) is 21.2. The molecule has 3 rings (SSSR count). The summed E-state index contributed by atoms with van der Waals surface area (Å²) in [5.74, 6) is 2.72. The molecule has 0 saturated heterocycles. The van der Waals surface area contributed by atoms with Crippen LogP contribution in [0.3, 0.4) is 0 Å². The molecule has 158 valence electrons. The lowest BCUT2D eigenvalue weighted by Crippen LogP contribution is -2.37. The molecule has 2 aromatic rings. The number of ether oxygens (including phenoxy) is 1. The predicted molar refractivity (Wildman–Crippen MR) is 117 cm³/mol. The van der Waals surface area contributed by atoms with Crippen LogP contribution >= 0.6 is 0 Å². The van der Waals surface area contributed by atoms with E-state index in [9.17, 15) is 0 Å². The zero-order chi connectivity index (χ0) is 20.6. The van der Waals surface area contributed by atoms with Crippen molar-refractivity contribution in [2.24, 2.45) is 4.99 Å². The number of rotatable bonds is 8. The van der Waals surface area contributed by atoms with Crippen LogP contribution in [-0.4, -0.2) is 30.8 Å². The van der Waals surface area contributed by atoms with Gasteiger partial charge in [-0.05, 0) is 70.9 Å². The summed E-state index contributed by atoms with van der Waals surface area (Å²) in [6, 6.07) is 6.44. The first-order valence-corrected chi connectivity index (χ1v) is 10.7. The first-order valence-electron chi connectivity index (χ1n) is 10.7. The number of aromatic nitrogens is 1. The summed E-state index contributed by atoms with van der Waals surface area (Å²) in [5.41, 5.74) is 4.59. The van der Waals surface area contributed by atoms with Gasteiger partial charge in [0.1, 0.15) is 11.5 Å². The fraction of sp³-hybridized carbons (Fsp3) is 0.565. The Labute approximate surface area is 174 Å². The summed E-state index contributed by atoms with van der Waals surface area (Å²) >= 11 is 0. The van der Waals surface area contributed by atoms with Crippen molar-refractivity contribution in [1.29, 1.82) is 0 Å². The van der Waals surface area contributed by atoms with Crippen LogP contribution in [0.25, 0.3) is 0 Å². The molecule has 0 spiro atoms. The van der Waals surface area contributed by atoms with Crippen LogP contribution in [0.4, 0.5) is 0 Å². The zero-order valence-electron chi connectivity index (χ0n) is 18.2. The minimum atomic E-state index is 0.359. The predicted octanol–water partition coefficient (Wildman–Crippen LogP) is 4.22. The van der Waals surface area contributed by atoms with Crippen LogP contribution < -0.4 is 15.4 Å². The molecule has 1 heterocycles. The number of nitrogens with one attached hydrogen (secondary N) is 2. The van der Waals surface area contributed by atoms with E-state index in [4.69, 9.17) is 9.26 Å². The third kappa shape index (κ3) is 5.99. The van der Waals surface area contributed by atoms with Crippen LogP contribution in [0.5, 0.6) is 5.75 Å². The maximum atomic E-state index is 6.30. The van der Waals surface area contributed by atoms with E-state index in [2.05, 4.69) is 45.9 Å². The second-order valence-corrected chi connectivity index (χ2v) is 7.89. The topological polar surface area (TPSA) is 71.7 Å². The molecule has 1 saturated carbocycles. The molecule has 1 aromatic carbocycles. The summed E-state index contributed by atoms with van der Waals surface area (Å²) in [4.78, 5) is 4.35. The van der Waals surface area contributed by atoms with Gasteiger partial charge in [-0.2, -0.15) is 0 Å². The summed E-state index contributed by atoms with van der Waals surface area (Å²) < 4.78 is 11.5. The third-order valence-electron chi connectivity index (χ3n) is 5.57. The minimum absolute atomic E-state index is 0.359. The molecule has 6 heteroatoms. The molecule has 2 N–H and O–H groups in total. The summed E-state index contributed by atoms with van der Waals surface area (Å²) in [6.45, 7) is 7.59. The molecule has 0 aliphatic heterocycles.